The van der Waals surface area contributed by atoms with Crippen molar-refractivity contribution < 1.29 is 14.3 Å². The Hall–Kier alpha value is -2.27. The van der Waals surface area contributed by atoms with Gasteiger partial charge in [0.1, 0.15) is 5.76 Å². The van der Waals surface area contributed by atoms with Gasteiger partial charge in [-0.05, 0) is 36.1 Å². The molecule has 1 aromatic carbocycles. The first kappa shape index (κ1) is 17.1. The SMILES string of the molecule is CC(C)(CCO)CNC(=O)c1ccccc1NCc1ccco1. The summed E-state index contributed by atoms with van der Waals surface area (Å²) in [7, 11) is 0. The van der Waals surface area contributed by atoms with Gasteiger partial charge in [-0.2, -0.15) is 0 Å². The summed E-state index contributed by atoms with van der Waals surface area (Å²) in [5.74, 6) is 0.683. The van der Waals surface area contributed by atoms with Gasteiger partial charge in [0, 0.05) is 18.8 Å². The number of furan rings is 1. The lowest BCUT2D eigenvalue weighted by atomic mass is 9.89. The highest BCUT2D eigenvalue weighted by atomic mass is 16.3. The number of carbonyl (C=O) groups excluding carboxylic acids is 1. The Morgan fingerprint density at radius 3 is 2.70 bits per heavy atom. The van der Waals surface area contributed by atoms with Crippen molar-refractivity contribution in [1.82, 2.24) is 5.32 Å². The summed E-state index contributed by atoms with van der Waals surface area (Å²) in [5.41, 5.74) is 1.22. The van der Waals surface area contributed by atoms with Crippen LogP contribution in [0.25, 0.3) is 0 Å². The first-order valence-corrected chi connectivity index (χ1v) is 7.76. The monoisotopic (exact) mass is 316 g/mol. The Morgan fingerprint density at radius 1 is 1.22 bits per heavy atom. The Labute approximate surface area is 136 Å². The molecule has 0 aliphatic rings. The van der Waals surface area contributed by atoms with Crippen molar-refractivity contribution >= 4 is 11.6 Å². The number of para-hydroxylation sites is 1. The predicted molar refractivity (Wildman–Crippen MR) is 90.3 cm³/mol. The zero-order valence-electron chi connectivity index (χ0n) is 13.6. The number of rotatable bonds is 8. The van der Waals surface area contributed by atoms with E-state index in [1.54, 1.807) is 12.3 Å². The van der Waals surface area contributed by atoms with Gasteiger partial charge >= 0.3 is 0 Å². The fraction of sp³-hybridized carbons (Fsp3) is 0.389. The van der Waals surface area contributed by atoms with Gasteiger partial charge in [0.25, 0.3) is 5.91 Å². The molecule has 2 aromatic rings. The third-order valence-electron chi connectivity index (χ3n) is 3.72. The summed E-state index contributed by atoms with van der Waals surface area (Å²) in [4.78, 5) is 12.4. The minimum Gasteiger partial charge on any atom is -0.467 e. The average molecular weight is 316 g/mol. The van der Waals surface area contributed by atoms with E-state index >= 15 is 0 Å². The summed E-state index contributed by atoms with van der Waals surface area (Å²) in [6.45, 7) is 5.19. The fourth-order valence-corrected chi connectivity index (χ4v) is 2.24. The first-order chi connectivity index (χ1) is 11.0. The third kappa shape index (κ3) is 5.14. The van der Waals surface area contributed by atoms with Crippen LogP contribution in [0.4, 0.5) is 5.69 Å². The summed E-state index contributed by atoms with van der Waals surface area (Å²) in [6, 6.07) is 11.1. The molecule has 124 valence electrons. The van der Waals surface area contributed by atoms with E-state index in [-0.39, 0.29) is 17.9 Å². The molecule has 0 spiro atoms. The van der Waals surface area contributed by atoms with E-state index in [2.05, 4.69) is 10.6 Å². The molecule has 0 bridgehead atoms. The number of hydrogen-bond acceptors (Lipinski definition) is 4. The number of anilines is 1. The maximum Gasteiger partial charge on any atom is 0.253 e. The Morgan fingerprint density at radius 2 is 2.00 bits per heavy atom. The van der Waals surface area contributed by atoms with E-state index in [1.807, 2.05) is 44.2 Å². The second kappa shape index (κ2) is 7.83. The molecule has 0 saturated carbocycles. The highest BCUT2D eigenvalue weighted by molar-refractivity contribution is 5.99. The van der Waals surface area contributed by atoms with E-state index in [0.717, 1.165) is 11.4 Å². The van der Waals surface area contributed by atoms with Gasteiger partial charge in [-0.25, -0.2) is 0 Å². The van der Waals surface area contributed by atoms with Crippen LogP contribution in [0.15, 0.2) is 47.1 Å². The van der Waals surface area contributed by atoms with E-state index in [9.17, 15) is 4.79 Å². The van der Waals surface area contributed by atoms with Crippen molar-refractivity contribution in [2.75, 3.05) is 18.5 Å². The lowest BCUT2D eigenvalue weighted by Crippen LogP contribution is -2.34. The first-order valence-electron chi connectivity index (χ1n) is 7.76. The normalized spacial score (nSPS) is 11.3. The molecule has 0 saturated heterocycles. The van der Waals surface area contributed by atoms with E-state index < -0.39 is 0 Å². The maximum atomic E-state index is 12.4. The van der Waals surface area contributed by atoms with Crippen LogP contribution < -0.4 is 10.6 Å². The molecule has 5 heteroatoms. The molecule has 2 rings (SSSR count). The standard InChI is InChI=1S/C18H24N2O3/c1-18(2,9-10-21)13-20-17(22)15-7-3-4-8-16(15)19-12-14-6-5-11-23-14/h3-8,11,19,21H,9-10,12-13H2,1-2H3,(H,20,22). The average Bonchev–Trinajstić information content (AvgIpc) is 3.04. The number of nitrogens with one attached hydrogen (secondary N) is 2. The van der Waals surface area contributed by atoms with Gasteiger partial charge in [-0.15, -0.1) is 0 Å². The second-order valence-corrected chi connectivity index (χ2v) is 6.30. The molecule has 0 unspecified atom stereocenters. The number of benzene rings is 1. The summed E-state index contributed by atoms with van der Waals surface area (Å²) in [5, 5.41) is 15.2. The van der Waals surface area contributed by atoms with E-state index in [4.69, 9.17) is 9.52 Å². The molecule has 1 heterocycles. The van der Waals surface area contributed by atoms with Gasteiger partial charge in [0.2, 0.25) is 0 Å². The Kier molecular flexibility index (Phi) is 5.82. The summed E-state index contributed by atoms with van der Waals surface area (Å²) < 4.78 is 5.29. The molecule has 1 aromatic heterocycles. The van der Waals surface area contributed by atoms with Gasteiger partial charge < -0.3 is 20.2 Å². The summed E-state index contributed by atoms with van der Waals surface area (Å²) >= 11 is 0. The number of amides is 1. The lowest BCUT2D eigenvalue weighted by Gasteiger charge is -2.24. The molecular formula is C18H24N2O3. The molecule has 23 heavy (non-hydrogen) atoms. The van der Waals surface area contributed by atoms with Crippen LogP contribution in [-0.2, 0) is 6.54 Å². The van der Waals surface area contributed by atoms with Crippen molar-refractivity contribution in [3.63, 3.8) is 0 Å². The van der Waals surface area contributed by atoms with Crippen LogP contribution in [0.3, 0.4) is 0 Å². The van der Waals surface area contributed by atoms with Crippen LogP contribution >= 0.6 is 0 Å². The smallest absolute Gasteiger partial charge is 0.253 e. The molecule has 0 atom stereocenters. The second-order valence-electron chi connectivity index (χ2n) is 6.30. The molecule has 3 N–H and O–H groups in total. The molecule has 0 aliphatic carbocycles. The molecule has 0 radical (unpaired) electrons. The fourth-order valence-electron chi connectivity index (χ4n) is 2.24. The van der Waals surface area contributed by atoms with E-state index in [1.165, 1.54) is 0 Å². The minimum atomic E-state index is -0.138. The highest BCUT2D eigenvalue weighted by Gasteiger charge is 2.19. The van der Waals surface area contributed by atoms with Crippen molar-refractivity contribution in [3.05, 3.63) is 54.0 Å². The predicted octanol–water partition coefficient (Wildman–Crippen LogP) is 3.03. The zero-order valence-corrected chi connectivity index (χ0v) is 13.6. The van der Waals surface area contributed by atoms with Crippen LogP contribution in [0.2, 0.25) is 0 Å². The molecule has 1 amide bonds. The summed E-state index contributed by atoms with van der Waals surface area (Å²) in [6.07, 6.45) is 2.27. The zero-order chi connectivity index (χ0) is 16.7. The third-order valence-corrected chi connectivity index (χ3v) is 3.72. The van der Waals surface area contributed by atoms with Gasteiger partial charge in [-0.3, -0.25) is 4.79 Å². The Balaban J connectivity index is 1.99. The van der Waals surface area contributed by atoms with Gasteiger partial charge in [-0.1, -0.05) is 26.0 Å². The van der Waals surface area contributed by atoms with Crippen molar-refractivity contribution in [3.8, 4) is 0 Å². The Bertz CT molecular complexity index is 621. The highest BCUT2D eigenvalue weighted by Crippen LogP contribution is 2.20. The maximum absolute atomic E-state index is 12.4. The molecule has 0 aliphatic heterocycles. The van der Waals surface area contributed by atoms with Gasteiger partial charge in [0.05, 0.1) is 18.4 Å². The number of aliphatic hydroxyl groups excluding tert-OH is 1. The minimum absolute atomic E-state index is 0.115. The van der Waals surface area contributed by atoms with Crippen molar-refractivity contribution in [2.24, 2.45) is 5.41 Å². The van der Waals surface area contributed by atoms with Crippen LogP contribution in [-0.4, -0.2) is 24.2 Å². The molecule has 0 fully saturated rings. The number of hydrogen-bond donors (Lipinski definition) is 3. The van der Waals surface area contributed by atoms with Crippen molar-refractivity contribution in [1.29, 1.82) is 0 Å². The lowest BCUT2D eigenvalue weighted by molar-refractivity contribution is 0.0929. The largest absolute Gasteiger partial charge is 0.467 e. The van der Waals surface area contributed by atoms with E-state index in [0.29, 0.717) is 25.1 Å². The molecular weight excluding hydrogens is 292 g/mol. The van der Waals surface area contributed by atoms with Gasteiger partial charge in [0.15, 0.2) is 0 Å². The van der Waals surface area contributed by atoms with Crippen molar-refractivity contribution in [2.45, 2.75) is 26.8 Å². The van der Waals surface area contributed by atoms with Crippen LogP contribution in [0.1, 0.15) is 36.4 Å². The molecule has 5 nitrogen and oxygen atoms in total. The quantitative estimate of drug-likeness (QED) is 0.700. The van der Waals surface area contributed by atoms with Crippen LogP contribution in [0, 0.1) is 5.41 Å². The topological polar surface area (TPSA) is 74.5 Å². The van der Waals surface area contributed by atoms with Crippen LogP contribution in [0.5, 0.6) is 0 Å². The number of carbonyl (C=O) groups is 1. The number of aliphatic hydroxyl groups is 1.